The third-order valence-corrected chi connectivity index (χ3v) is 4.38. The molecule has 0 fully saturated rings. The topological polar surface area (TPSA) is 65.4 Å². The molecule has 0 unspecified atom stereocenters. The molecule has 30 heavy (non-hydrogen) atoms. The Morgan fingerprint density at radius 2 is 1.87 bits per heavy atom. The highest BCUT2D eigenvalue weighted by Gasteiger charge is 2.15. The average Bonchev–Trinajstić information content (AvgIpc) is 3.18. The second kappa shape index (κ2) is 9.39. The van der Waals surface area contributed by atoms with Crippen molar-refractivity contribution in [3.63, 3.8) is 0 Å². The predicted molar refractivity (Wildman–Crippen MR) is 109 cm³/mol. The van der Waals surface area contributed by atoms with E-state index in [0.29, 0.717) is 11.7 Å². The fourth-order valence-electron chi connectivity index (χ4n) is 2.77. The average molecular weight is 415 g/mol. The van der Waals surface area contributed by atoms with Crippen molar-refractivity contribution >= 4 is 11.6 Å². The van der Waals surface area contributed by atoms with Gasteiger partial charge in [0.2, 0.25) is 0 Å². The molecule has 1 aromatic heterocycles. The summed E-state index contributed by atoms with van der Waals surface area (Å²) in [5.74, 6) is 0.469. The van der Waals surface area contributed by atoms with Crippen LogP contribution in [0.2, 0.25) is 0 Å². The summed E-state index contributed by atoms with van der Waals surface area (Å²) in [5, 5.41) is 6.73. The molecule has 1 heterocycles. The molecular formula is C22H23F2N3O3. The van der Waals surface area contributed by atoms with Crippen molar-refractivity contribution in [2.45, 2.75) is 40.0 Å². The van der Waals surface area contributed by atoms with Crippen LogP contribution in [0.1, 0.15) is 41.4 Å². The molecule has 0 saturated heterocycles. The summed E-state index contributed by atoms with van der Waals surface area (Å²) in [6.07, 6.45) is 1.60. The van der Waals surface area contributed by atoms with E-state index in [0.717, 1.165) is 5.56 Å². The van der Waals surface area contributed by atoms with Crippen LogP contribution >= 0.6 is 0 Å². The maximum Gasteiger partial charge on any atom is 0.387 e. The minimum Gasteiger partial charge on any atom is -0.471 e. The van der Waals surface area contributed by atoms with Crippen molar-refractivity contribution in [2.75, 3.05) is 5.32 Å². The van der Waals surface area contributed by atoms with Crippen LogP contribution in [0, 0.1) is 6.92 Å². The van der Waals surface area contributed by atoms with Crippen molar-refractivity contribution in [1.29, 1.82) is 0 Å². The number of carbonyl (C=O) groups excluding carboxylic acids is 1. The highest BCUT2D eigenvalue weighted by atomic mass is 19.3. The van der Waals surface area contributed by atoms with Gasteiger partial charge >= 0.3 is 6.61 Å². The Kier molecular flexibility index (Phi) is 6.66. The van der Waals surface area contributed by atoms with Crippen molar-refractivity contribution in [3.05, 3.63) is 71.5 Å². The number of hydrogen-bond donors (Lipinski definition) is 1. The summed E-state index contributed by atoms with van der Waals surface area (Å²) < 4.78 is 36.8. The number of rotatable bonds is 8. The van der Waals surface area contributed by atoms with Crippen LogP contribution in [-0.4, -0.2) is 22.3 Å². The first kappa shape index (κ1) is 21.3. The number of benzene rings is 2. The molecule has 0 aliphatic carbocycles. The van der Waals surface area contributed by atoms with Crippen LogP contribution in [0.15, 0.2) is 54.7 Å². The normalized spacial score (nSPS) is 11.0. The lowest BCUT2D eigenvalue weighted by molar-refractivity contribution is -0.0493. The molecule has 158 valence electrons. The molecule has 0 saturated carbocycles. The Morgan fingerprint density at radius 3 is 2.53 bits per heavy atom. The Bertz CT molecular complexity index is 1000. The fraction of sp³-hybridized carbons (Fsp3) is 0.273. The SMILES string of the molecule is Cc1ccc(OC(F)F)c(NC(=O)c2ccn(COc3ccc(C(C)C)cc3)n2)c1. The van der Waals surface area contributed by atoms with E-state index < -0.39 is 12.5 Å². The molecular weight excluding hydrogens is 392 g/mol. The van der Waals surface area contributed by atoms with Gasteiger partial charge in [-0.2, -0.15) is 13.9 Å². The zero-order valence-corrected chi connectivity index (χ0v) is 16.9. The molecule has 3 rings (SSSR count). The van der Waals surface area contributed by atoms with Crippen LogP contribution in [0.5, 0.6) is 11.5 Å². The van der Waals surface area contributed by atoms with Gasteiger partial charge in [0, 0.05) is 6.20 Å². The van der Waals surface area contributed by atoms with Gasteiger partial charge in [-0.15, -0.1) is 0 Å². The number of anilines is 1. The third kappa shape index (κ3) is 5.56. The molecule has 6 nitrogen and oxygen atoms in total. The molecule has 0 radical (unpaired) electrons. The molecule has 0 atom stereocenters. The molecule has 0 spiro atoms. The number of hydrogen-bond acceptors (Lipinski definition) is 4. The minimum atomic E-state index is -2.99. The molecule has 0 bridgehead atoms. The maximum absolute atomic E-state index is 12.6. The first-order valence-corrected chi connectivity index (χ1v) is 9.45. The van der Waals surface area contributed by atoms with Gasteiger partial charge in [-0.1, -0.05) is 32.0 Å². The zero-order valence-electron chi connectivity index (χ0n) is 16.9. The Morgan fingerprint density at radius 1 is 1.13 bits per heavy atom. The lowest BCUT2D eigenvalue weighted by Crippen LogP contribution is -2.15. The third-order valence-electron chi connectivity index (χ3n) is 4.38. The minimum absolute atomic E-state index is 0.114. The standard InChI is InChI=1S/C22H23F2N3O3/c1-14(2)16-5-7-17(8-6-16)29-13-27-11-10-18(26-27)21(28)25-19-12-15(3)4-9-20(19)30-22(23)24/h4-12,14,22H,13H2,1-3H3,(H,25,28). The van der Waals surface area contributed by atoms with Gasteiger partial charge in [-0.05, 0) is 54.3 Å². The van der Waals surface area contributed by atoms with E-state index in [1.807, 2.05) is 24.3 Å². The number of ether oxygens (including phenoxy) is 2. The Labute approximate surface area is 173 Å². The van der Waals surface area contributed by atoms with Crippen LogP contribution in [0.4, 0.5) is 14.5 Å². The molecule has 3 aromatic rings. The van der Waals surface area contributed by atoms with Crippen LogP contribution < -0.4 is 14.8 Å². The summed E-state index contributed by atoms with van der Waals surface area (Å²) in [5.41, 5.74) is 2.27. The second-order valence-electron chi connectivity index (χ2n) is 7.07. The molecule has 0 aliphatic heterocycles. The van der Waals surface area contributed by atoms with E-state index in [1.165, 1.54) is 22.4 Å². The van der Waals surface area contributed by atoms with Crippen molar-refractivity contribution in [2.24, 2.45) is 0 Å². The number of aryl methyl sites for hydroxylation is 1. The first-order valence-electron chi connectivity index (χ1n) is 9.45. The number of nitrogens with one attached hydrogen (secondary N) is 1. The molecule has 1 amide bonds. The molecule has 0 aliphatic rings. The fourth-order valence-corrected chi connectivity index (χ4v) is 2.77. The Balaban J connectivity index is 1.63. The van der Waals surface area contributed by atoms with E-state index >= 15 is 0 Å². The first-order chi connectivity index (χ1) is 14.3. The summed E-state index contributed by atoms with van der Waals surface area (Å²) >= 11 is 0. The number of amides is 1. The van der Waals surface area contributed by atoms with Crippen LogP contribution in [0.3, 0.4) is 0 Å². The largest absolute Gasteiger partial charge is 0.471 e. The number of nitrogens with zero attached hydrogens (tertiary/aromatic N) is 2. The van der Waals surface area contributed by atoms with Crippen LogP contribution in [-0.2, 0) is 6.73 Å². The number of aromatic nitrogens is 2. The smallest absolute Gasteiger partial charge is 0.387 e. The summed E-state index contributed by atoms with van der Waals surface area (Å²) in [7, 11) is 0. The predicted octanol–water partition coefficient (Wildman–Crippen LogP) is 5.21. The second-order valence-corrected chi connectivity index (χ2v) is 7.07. The molecule has 2 aromatic carbocycles. The number of halogens is 2. The van der Waals surface area contributed by atoms with E-state index in [9.17, 15) is 13.6 Å². The van der Waals surface area contributed by atoms with E-state index in [4.69, 9.17) is 4.74 Å². The van der Waals surface area contributed by atoms with Crippen LogP contribution in [0.25, 0.3) is 0 Å². The Hall–Kier alpha value is -3.42. The number of carbonyl (C=O) groups is 1. The summed E-state index contributed by atoms with van der Waals surface area (Å²) in [4.78, 5) is 12.5. The maximum atomic E-state index is 12.6. The van der Waals surface area contributed by atoms with Crippen molar-refractivity contribution in [1.82, 2.24) is 9.78 Å². The zero-order chi connectivity index (χ0) is 21.7. The van der Waals surface area contributed by atoms with E-state index in [-0.39, 0.29) is 23.9 Å². The van der Waals surface area contributed by atoms with E-state index in [1.54, 1.807) is 25.3 Å². The van der Waals surface area contributed by atoms with Gasteiger partial charge in [0.05, 0.1) is 5.69 Å². The number of alkyl halides is 2. The van der Waals surface area contributed by atoms with Gasteiger partial charge in [0.25, 0.3) is 5.91 Å². The van der Waals surface area contributed by atoms with Gasteiger partial charge in [0.15, 0.2) is 12.4 Å². The van der Waals surface area contributed by atoms with Gasteiger partial charge in [-0.3, -0.25) is 4.79 Å². The van der Waals surface area contributed by atoms with Gasteiger partial charge < -0.3 is 14.8 Å². The van der Waals surface area contributed by atoms with E-state index in [2.05, 4.69) is 29.0 Å². The quantitative estimate of drug-likeness (QED) is 0.549. The monoisotopic (exact) mass is 415 g/mol. The molecule has 1 N–H and O–H groups in total. The lowest BCUT2D eigenvalue weighted by Gasteiger charge is -2.12. The lowest BCUT2D eigenvalue weighted by atomic mass is 10.0. The highest BCUT2D eigenvalue weighted by Crippen LogP contribution is 2.27. The molecule has 8 heteroatoms. The summed E-state index contributed by atoms with van der Waals surface area (Å²) in [6.45, 7) is 3.14. The van der Waals surface area contributed by atoms with Crippen molar-refractivity contribution < 1.29 is 23.0 Å². The van der Waals surface area contributed by atoms with Gasteiger partial charge in [-0.25, -0.2) is 4.68 Å². The summed E-state index contributed by atoms with van der Waals surface area (Å²) in [6, 6.07) is 13.8. The van der Waals surface area contributed by atoms with Crippen molar-refractivity contribution in [3.8, 4) is 11.5 Å². The van der Waals surface area contributed by atoms with Gasteiger partial charge in [0.1, 0.15) is 11.5 Å². The highest BCUT2D eigenvalue weighted by molar-refractivity contribution is 6.03.